The molecule has 1 saturated heterocycles. The van der Waals surface area contributed by atoms with E-state index in [1.807, 2.05) is 24.3 Å². The van der Waals surface area contributed by atoms with E-state index < -0.39 is 11.6 Å². The second-order valence-corrected chi connectivity index (χ2v) is 9.29. The first-order valence-corrected chi connectivity index (χ1v) is 12.5. The molecule has 0 spiro atoms. The third-order valence-corrected chi connectivity index (χ3v) is 7.01. The lowest BCUT2D eigenvalue weighted by Gasteiger charge is -2.29. The number of benzene rings is 3. The predicted octanol–water partition coefficient (Wildman–Crippen LogP) is 8.84. The van der Waals surface area contributed by atoms with Gasteiger partial charge in [0.25, 0.3) is 0 Å². The van der Waals surface area contributed by atoms with E-state index in [1.54, 1.807) is 37.3 Å². The summed E-state index contributed by atoms with van der Waals surface area (Å²) in [5, 5.41) is 0. The zero-order valence-corrected chi connectivity index (χ0v) is 20.0. The summed E-state index contributed by atoms with van der Waals surface area (Å²) in [5.74, 6) is -1.75. The third kappa shape index (κ3) is 5.38. The van der Waals surface area contributed by atoms with Crippen molar-refractivity contribution in [2.24, 2.45) is 0 Å². The molecule has 2 unspecified atom stereocenters. The smallest absolute Gasteiger partial charge is 0.166 e. The summed E-state index contributed by atoms with van der Waals surface area (Å²) < 4.78 is 49.8. The van der Waals surface area contributed by atoms with Crippen molar-refractivity contribution in [2.45, 2.75) is 70.8 Å². The number of rotatable bonds is 8. The summed E-state index contributed by atoms with van der Waals surface area (Å²) in [6.45, 7) is 4.56. The van der Waals surface area contributed by atoms with Crippen LogP contribution in [0.4, 0.5) is 13.2 Å². The van der Waals surface area contributed by atoms with Crippen LogP contribution in [0.5, 0.6) is 0 Å². The van der Waals surface area contributed by atoms with E-state index in [0.717, 1.165) is 30.4 Å². The molecule has 180 valence electrons. The van der Waals surface area contributed by atoms with Gasteiger partial charge in [-0.2, -0.15) is 0 Å². The van der Waals surface area contributed by atoms with E-state index in [2.05, 4.69) is 6.92 Å². The van der Waals surface area contributed by atoms with Gasteiger partial charge in [0.05, 0.1) is 12.7 Å². The summed E-state index contributed by atoms with van der Waals surface area (Å²) in [7, 11) is 0. The van der Waals surface area contributed by atoms with Crippen LogP contribution in [0.2, 0.25) is 0 Å². The molecule has 2 atom stereocenters. The predicted molar refractivity (Wildman–Crippen MR) is 132 cm³/mol. The van der Waals surface area contributed by atoms with Crippen LogP contribution in [0.3, 0.4) is 0 Å². The quantitative estimate of drug-likeness (QED) is 0.301. The number of aryl methyl sites for hydroxylation is 1. The van der Waals surface area contributed by atoms with Gasteiger partial charge in [0.15, 0.2) is 11.6 Å². The molecule has 1 aliphatic heterocycles. The Hall–Kier alpha value is -2.59. The van der Waals surface area contributed by atoms with Gasteiger partial charge in [-0.1, -0.05) is 81.6 Å². The van der Waals surface area contributed by atoms with E-state index in [0.29, 0.717) is 35.8 Å². The molecule has 4 rings (SSSR count). The van der Waals surface area contributed by atoms with Crippen LogP contribution in [-0.4, -0.2) is 12.7 Å². The van der Waals surface area contributed by atoms with Crippen molar-refractivity contribution in [1.29, 1.82) is 0 Å². The minimum Gasteiger partial charge on any atom is -0.378 e. The zero-order chi connectivity index (χ0) is 24.1. The van der Waals surface area contributed by atoms with Crippen LogP contribution in [0.1, 0.15) is 69.4 Å². The third-order valence-electron chi connectivity index (χ3n) is 7.01. The maximum atomic E-state index is 15.0. The monoisotopic (exact) mass is 466 g/mol. The van der Waals surface area contributed by atoms with Gasteiger partial charge in [0.2, 0.25) is 0 Å². The fourth-order valence-electron chi connectivity index (χ4n) is 4.87. The summed E-state index contributed by atoms with van der Waals surface area (Å²) in [6, 6.07) is 15.7. The molecule has 4 heteroatoms. The number of hydrogen-bond acceptors (Lipinski definition) is 1. The summed E-state index contributed by atoms with van der Waals surface area (Å²) >= 11 is 0. The van der Waals surface area contributed by atoms with E-state index in [-0.39, 0.29) is 17.3 Å². The Labute approximate surface area is 201 Å². The second kappa shape index (κ2) is 11.2. The Morgan fingerprint density at radius 2 is 1.53 bits per heavy atom. The van der Waals surface area contributed by atoms with Crippen LogP contribution in [0, 0.1) is 17.5 Å². The fraction of sp³-hybridized carbons (Fsp3) is 0.400. The number of unbranched alkanes of at least 4 members (excludes halogenated alkanes) is 2. The Bertz CT molecular complexity index is 1100. The molecular formula is C30H33F3O. The number of ether oxygens (including phenoxy) is 1. The second-order valence-electron chi connectivity index (χ2n) is 9.29. The lowest BCUT2D eigenvalue weighted by Crippen LogP contribution is -2.25. The zero-order valence-electron chi connectivity index (χ0n) is 20.0. The van der Waals surface area contributed by atoms with E-state index >= 15 is 4.39 Å². The molecule has 0 N–H and O–H groups in total. The van der Waals surface area contributed by atoms with E-state index in [1.165, 1.54) is 19.3 Å². The molecule has 1 fully saturated rings. The average Bonchev–Trinajstić information content (AvgIpc) is 2.86. The summed E-state index contributed by atoms with van der Waals surface area (Å²) in [6.07, 6.45) is 7.40. The lowest BCUT2D eigenvalue weighted by atomic mass is 9.88. The molecule has 34 heavy (non-hydrogen) atoms. The van der Waals surface area contributed by atoms with E-state index in [4.69, 9.17) is 4.74 Å². The van der Waals surface area contributed by atoms with Crippen LogP contribution < -0.4 is 0 Å². The topological polar surface area (TPSA) is 9.23 Å². The standard InChI is InChI=1S/C30H33F3O/c1-3-5-6-7-25-15-12-24(19-34-25)26-16-14-23(18-28(26)31)21-8-10-22(11-9-21)27-17-13-20(4-2)29(32)30(27)33/h8-11,13-14,16-18,24-25H,3-7,12,15,19H2,1-2H3. The first-order chi connectivity index (χ1) is 16.5. The molecule has 0 aliphatic carbocycles. The molecule has 1 heterocycles. The van der Waals surface area contributed by atoms with Crippen molar-refractivity contribution >= 4 is 0 Å². The number of hydrogen-bond donors (Lipinski definition) is 0. The molecule has 1 aliphatic rings. The van der Waals surface area contributed by atoms with Crippen LogP contribution in [0.15, 0.2) is 54.6 Å². The van der Waals surface area contributed by atoms with Crippen LogP contribution in [-0.2, 0) is 11.2 Å². The van der Waals surface area contributed by atoms with E-state index in [9.17, 15) is 8.78 Å². The van der Waals surface area contributed by atoms with Gasteiger partial charge in [0.1, 0.15) is 5.82 Å². The van der Waals surface area contributed by atoms with Gasteiger partial charge < -0.3 is 4.74 Å². The van der Waals surface area contributed by atoms with Gasteiger partial charge in [-0.15, -0.1) is 0 Å². The molecule has 0 aromatic heterocycles. The van der Waals surface area contributed by atoms with Crippen LogP contribution in [0.25, 0.3) is 22.3 Å². The van der Waals surface area contributed by atoms with Gasteiger partial charge in [0, 0.05) is 11.5 Å². The highest BCUT2D eigenvalue weighted by atomic mass is 19.2. The first-order valence-electron chi connectivity index (χ1n) is 12.5. The van der Waals surface area contributed by atoms with Crippen molar-refractivity contribution in [3.8, 4) is 22.3 Å². The fourth-order valence-corrected chi connectivity index (χ4v) is 4.87. The Morgan fingerprint density at radius 1 is 0.794 bits per heavy atom. The largest absolute Gasteiger partial charge is 0.378 e. The first kappa shape index (κ1) is 24.5. The Kier molecular flexibility index (Phi) is 8.10. The Morgan fingerprint density at radius 3 is 2.18 bits per heavy atom. The molecule has 0 bridgehead atoms. The summed E-state index contributed by atoms with van der Waals surface area (Å²) in [4.78, 5) is 0. The molecule has 1 nitrogen and oxygen atoms in total. The maximum absolute atomic E-state index is 15.0. The molecule has 0 saturated carbocycles. The van der Waals surface area contributed by atoms with Crippen molar-refractivity contribution in [1.82, 2.24) is 0 Å². The van der Waals surface area contributed by atoms with Gasteiger partial charge in [-0.3, -0.25) is 0 Å². The van der Waals surface area contributed by atoms with Crippen LogP contribution >= 0.6 is 0 Å². The van der Waals surface area contributed by atoms with Gasteiger partial charge >= 0.3 is 0 Å². The lowest BCUT2D eigenvalue weighted by molar-refractivity contribution is -0.00267. The van der Waals surface area contributed by atoms with Crippen molar-refractivity contribution in [2.75, 3.05) is 6.61 Å². The molecule has 0 amide bonds. The normalized spacial score (nSPS) is 18.3. The maximum Gasteiger partial charge on any atom is 0.166 e. The molecule has 3 aromatic carbocycles. The van der Waals surface area contributed by atoms with Gasteiger partial charge in [-0.05, 0) is 59.6 Å². The molecule has 0 radical (unpaired) electrons. The highest BCUT2D eigenvalue weighted by Crippen LogP contribution is 2.34. The van der Waals surface area contributed by atoms with Crippen molar-refractivity contribution in [3.63, 3.8) is 0 Å². The number of halogens is 3. The highest BCUT2D eigenvalue weighted by Gasteiger charge is 2.25. The van der Waals surface area contributed by atoms with Crippen molar-refractivity contribution in [3.05, 3.63) is 83.2 Å². The average molecular weight is 467 g/mol. The summed E-state index contributed by atoms with van der Waals surface area (Å²) in [5.41, 5.74) is 3.48. The Balaban J connectivity index is 1.45. The van der Waals surface area contributed by atoms with Gasteiger partial charge in [-0.25, -0.2) is 13.2 Å². The minimum atomic E-state index is -0.829. The molecule has 3 aromatic rings. The van der Waals surface area contributed by atoms with Crippen molar-refractivity contribution < 1.29 is 17.9 Å². The SMILES string of the molecule is CCCCCC1CCC(c2ccc(-c3ccc(-c4ccc(CC)c(F)c4F)cc3)cc2F)CO1. The molecular weight excluding hydrogens is 433 g/mol. The highest BCUT2D eigenvalue weighted by molar-refractivity contribution is 5.71. The minimum absolute atomic E-state index is 0.0859.